The fraction of sp³-hybridized carbons (Fsp3) is 0.0323. The van der Waals surface area contributed by atoms with E-state index in [0.717, 1.165) is 5.52 Å². The van der Waals surface area contributed by atoms with E-state index in [1.807, 2.05) is 0 Å². The Labute approximate surface area is 188 Å². The average molecular weight is 410 g/mol. The molecule has 0 aliphatic rings. The van der Waals surface area contributed by atoms with E-state index in [1.165, 1.54) is 38.5 Å². The van der Waals surface area contributed by atoms with Crippen molar-refractivity contribution in [1.29, 1.82) is 0 Å². The first kappa shape index (κ1) is 18.7. The van der Waals surface area contributed by atoms with Gasteiger partial charge in [0.15, 0.2) is 0 Å². The number of rotatable bonds is 4. The molecule has 0 saturated heterocycles. The van der Waals surface area contributed by atoms with E-state index in [0.29, 0.717) is 0 Å². The predicted octanol–water partition coefficient (Wildman–Crippen LogP) is 7.70. The molecule has 0 aliphatic heterocycles. The minimum absolute atomic E-state index is 0.421. The standard InChI is InChI=1S/C31H23N/c1-4-12-23(13-5-1)31(24-14-6-2-7-15-24,25-16-8-3-9-17-25)26-20-21-28-27-18-10-11-19-29(27)32-30(28)22-26/h1-22,32H. The van der Waals surface area contributed by atoms with Crippen LogP contribution in [0, 0.1) is 0 Å². The summed E-state index contributed by atoms with van der Waals surface area (Å²) in [5.41, 5.74) is 6.93. The summed E-state index contributed by atoms with van der Waals surface area (Å²) < 4.78 is 0. The molecule has 0 aliphatic carbocycles. The lowest BCUT2D eigenvalue weighted by molar-refractivity contribution is 0.746. The maximum absolute atomic E-state index is 3.64. The molecule has 0 radical (unpaired) electrons. The van der Waals surface area contributed by atoms with Crippen LogP contribution in [-0.2, 0) is 5.41 Å². The predicted molar refractivity (Wildman–Crippen MR) is 134 cm³/mol. The maximum Gasteiger partial charge on any atom is 0.0702 e. The number of nitrogens with one attached hydrogen (secondary N) is 1. The van der Waals surface area contributed by atoms with Crippen LogP contribution in [0.1, 0.15) is 22.3 Å². The highest BCUT2D eigenvalue weighted by atomic mass is 14.7. The number of benzene rings is 5. The lowest BCUT2D eigenvalue weighted by atomic mass is 9.65. The third-order valence-corrected chi connectivity index (χ3v) is 6.56. The summed E-state index contributed by atoms with van der Waals surface area (Å²) in [6.07, 6.45) is 0. The van der Waals surface area contributed by atoms with Crippen LogP contribution in [0.3, 0.4) is 0 Å². The average Bonchev–Trinajstić information content (AvgIpc) is 3.25. The van der Waals surface area contributed by atoms with Crippen LogP contribution in [0.15, 0.2) is 133 Å². The Kier molecular flexibility index (Phi) is 4.40. The van der Waals surface area contributed by atoms with Crippen LogP contribution in [0.25, 0.3) is 21.8 Å². The summed E-state index contributed by atoms with van der Waals surface area (Å²) in [7, 11) is 0. The highest BCUT2D eigenvalue weighted by molar-refractivity contribution is 6.07. The largest absolute Gasteiger partial charge is 0.355 e. The number of aromatic nitrogens is 1. The third-order valence-electron chi connectivity index (χ3n) is 6.56. The van der Waals surface area contributed by atoms with Crippen molar-refractivity contribution in [2.75, 3.05) is 0 Å². The first-order valence-electron chi connectivity index (χ1n) is 11.0. The zero-order valence-corrected chi connectivity index (χ0v) is 17.7. The van der Waals surface area contributed by atoms with E-state index in [2.05, 4.69) is 138 Å². The molecule has 1 nitrogen and oxygen atoms in total. The number of H-pyrrole nitrogens is 1. The Morgan fingerprint density at radius 1 is 0.375 bits per heavy atom. The van der Waals surface area contributed by atoms with Crippen molar-refractivity contribution >= 4 is 21.8 Å². The van der Waals surface area contributed by atoms with Gasteiger partial charge < -0.3 is 4.98 Å². The van der Waals surface area contributed by atoms with Crippen molar-refractivity contribution in [2.45, 2.75) is 5.41 Å². The van der Waals surface area contributed by atoms with E-state index in [4.69, 9.17) is 0 Å². The van der Waals surface area contributed by atoms with Crippen LogP contribution in [0.4, 0.5) is 0 Å². The second-order valence-corrected chi connectivity index (χ2v) is 8.28. The number of para-hydroxylation sites is 1. The summed E-state index contributed by atoms with van der Waals surface area (Å²) in [4.78, 5) is 3.64. The Morgan fingerprint density at radius 3 is 1.41 bits per heavy atom. The van der Waals surface area contributed by atoms with E-state index >= 15 is 0 Å². The van der Waals surface area contributed by atoms with E-state index < -0.39 is 5.41 Å². The van der Waals surface area contributed by atoms with E-state index in [1.54, 1.807) is 0 Å². The van der Waals surface area contributed by atoms with Gasteiger partial charge in [-0.25, -0.2) is 0 Å². The summed E-state index contributed by atoms with van der Waals surface area (Å²) >= 11 is 0. The number of hydrogen-bond donors (Lipinski definition) is 1. The minimum Gasteiger partial charge on any atom is -0.355 e. The molecule has 6 aromatic rings. The summed E-state index contributed by atoms with van der Waals surface area (Å²) in [5.74, 6) is 0. The first-order chi connectivity index (χ1) is 15.9. The molecular weight excluding hydrogens is 386 g/mol. The van der Waals surface area contributed by atoms with Gasteiger partial charge in [-0.05, 0) is 34.4 Å². The fourth-order valence-electron chi connectivity index (χ4n) is 5.15. The Bertz CT molecular complexity index is 1400. The molecule has 1 heterocycles. The van der Waals surface area contributed by atoms with Gasteiger partial charge in [-0.15, -0.1) is 0 Å². The van der Waals surface area contributed by atoms with E-state index in [9.17, 15) is 0 Å². The Morgan fingerprint density at radius 2 is 0.844 bits per heavy atom. The molecule has 1 heteroatoms. The van der Waals surface area contributed by atoms with Crippen molar-refractivity contribution in [3.05, 3.63) is 156 Å². The minimum atomic E-state index is -0.421. The topological polar surface area (TPSA) is 15.8 Å². The molecule has 1 N–H and O–H groups in total. The number of aromatic amines is 1. The molecule has 0 amide bonds. The van der Waals surface area contributed by atoms with Gasteiger partial charge in [0, 0.05) is 21.8 Å². The first-order valence-corrected chi connectivity index (χ1v) is 11.0. The van der Waals surface area contributed by atoms with Gasteiger partial charge in [0.1, 0.15) is 0 Å². The second-order valence-electron chi connectivity index (χ2n) is 8.28. The van der Waals surface area contributed by atoms with Gasteiger partial charge in [0.2, 0.25) is 0 Å². The van der Waals surface area contributed by atoms with Crippen molar-refractivity contribution in [2.24, 2.45) is 0 Å². The van der Waals surface area contributed by atoms with Crippen LogP contribution in [0.5, 0.6) is 0 Å². The normalized spacial score (nSPS) is 11.8. The lowest BCUT2D eigenvalue weighted by Gasteiger charge is -2.36. The van der Waals surface area contributed by atoms with E-state index in [-0.39, 0.29) is 0 Å². The van der Waals surface area contributed by atoms with Gasteiger partial charge in [0.25, 0.3) is 0 Å². The van der Waals surface area contributed by atoms with Crippen molar-refractivity contribution in [3.8, 4) is 0 Å². The van der Waals surface area contributed by atoms with Gasteiger partial charge in [-0.2, -0.15) is 0 Å². The van der Waals surface area contributed by atoms with Crippen molar-refractivity contribution in [3.63, 3.8) is 0 Å². The molecular formula is C31H23N. The molecule has 32 heavy (non-hydrogen) atoms. The SMILES string of the molecule is c1ccc(C(c2ccccc2)(c2ccccc2)c2ccc3c(c2)[nH]c2ccccc23)cc1. The quantitative estimate of drug-likeness (QED) is 0.287. The number of hydrogen-bond acceptors (Lipinski definition) is 0. The second kappa shape index (κ2) is 7.55. The third kappa shape index (κ3) is 2.79. The Balaban J connectivity index is 1.73. The van der Waals surface area contributed by atoms with Crippen LogP contribution < -0.4 is 0 Å². The van der Waals surface area contributed by atoms with Gasteiger partial charge in [-0.3, -0.25) is 0 Å². The van der Waals surface area contributed by atoms with Gasteiger partial charge in [0.05, 0.1) is 5.41 Å². The van der Waals surface area contributed by atoms with Gasteiger partial charge >= 0.3 is 0 Å². The summed E-state index contributed by atoms with van der Waals surface area (Å²) in [5, 5.41) is 2.52. The molecule has 0 atom stereocenters. The molecule has 152 valence electrons. The fourth-order valence-corrected chi connectivity index (χ4v) is 5.15. The zero-order valence-electron chi connectivity index (χ0n) is 17.7. The highest BCUT2D eigenvalue weighted by Crippen LogP contribution is 2.45. The smallest absolute Gasteiger partial charge is 0.0702 e. The highest BCUT2D eigenvalue weighted by Gasteiger charge is 2.38. The summed E-state index contributed by atoms with van der Waals surface area (Å²) in [6.45, 7) is 0. The van der Waals surface area contributed by atoms with Crippen LogP contribution in [-0.4, -0.2) is 4.98 Å². The number of fused-ring (bicyclic) bond motifs is 3. The molecule has 1 aromatic heterocycles. The van der Waals surface area contributed by atoms with Gasteiger partial charge in [-0.1, -0.05) is 121 Å². The molecule has 0 fully saturated rings. The van der Waals surface area contributed by atoms with Crippen molar-refractivity contribution in [1.82, 2.24) is 4.98 Å². The molecule has 0 bridgehead atoms. The lowest BCUT2D eigenvalue weighted by Crippen LogP contribution is -2.30. The molecule has 5 aromatic carbocycles. The van der Waals surface area contributed by atoms with Crippen LogP contribution >= 0.6 is 0 Å². The summed E-state index contributed by atoms with van der Waals surface area (Å²) in [6, 6.07) is 48.0. The monoisotopic (exact) mass is 409 g/mol. The van der Waals surface area contributed by atoms with Crippen LogP contribution in [0.2, 0.25) is 0 Å². The maximum atomic E-state index is 3.64. The molecule has 0 unspecified atom stereocenters. The van der Waals surface area contributed by atoms with Crippen molar-refractivity contribution < 1.29 is 0 Å². The molecule has 0 spiro atoms. The molecule has 0 saturated carbocycles. The Hall–Kier alpha value is -4.10. The zero-order chi connectivity index (χ0) is 21.4. The molecule has 6 rings (SSSR count).